The minimum atomic E-state index is -0.374. The lowest BCUT2D eigenvalue weighted by atomic mass is 9.83. The van der Waals surface area contributed by atoms with Gasteiger partial charge in [0.25, 0.3) is 0 Å². The molecule has 2 aliphatic rings. The summed E-state index contributed by atoms with van der Waals surface area (Å²) in [4.78, 5) is 15.3. The van der Waals surface area contributed by atoms with Crippen LogP contribution in [0.3, 0.4) is 0 Å². The van der Waals surface area contributed by atoms with E-state index in [9.17, 15) is 4.79 Å². The highest BCUT2D eigenvalue weighted by molar-refractivity contribution is 5.83. The van der Waals surface area contributed by atoms with E-state index in [-0.39, 0.29) is 17.4 Å². The lowest BCUT2D eigenvalue weighted by Crippen LogP contribution is -2.57. The number of hydrogen-bond acceptors (Lipinski definition) is 2. The molecule has 0 unspecified atom stereocenters. The molecule has 0 saturated heterocycles. The van der Waals surface area contributed by atoms with Gasteiger partial charge in [0.2, 0.25) is 5.91 Å². The first kappa shape index (κ1) is 16.8. The molecule has 21 heavy (non-hydrogen) atoms. The van der Waals surface area contributed by atoms with Gasteiger partial charge in [0.1, 0.15) is 0 Å². The Hall–Kier alpha value is -0.570. The second-order valence-electron chi connectivity index (χ2n) is 8.17. The molecule has 2 N–H and O–H groups in total. The predicted molar refractivity (Wildman–Crippen MR) is 88.0 cm³/mol. The average Bonchev–Trinajstić information content (AvgIpc) is 2.48. The molecule has 0 aromatic heterocycles. The third kappa shape index (κ3) is 4.21. The zero-order valence-electron chi connectivity index (χ0n) is 14.2. The van der Waals surface area contributed by atoms with Gasteiger partial charge < -0.3 is 10.6 Å². The molecule has 2 rings (SSSR count). The summed E-state index contributed by atoms with van der Waals surface area (Å²) in [5, 5.41) is 0. The van der Waals surface area contributed by atoms with E-state index in [1.165, 1.54) is 64.2 Å². The van der Waals surface area contributed by atoms with E-state index < -0.39 is 0 Å². The minimum absolute atomic E-state index is 0.154. The predicted octanol–water partition coefficient (Wildman–Crippen LogP) is 3.85. The van der Waals surface area contributed by atoms with Crippen LogP contribution in [0.15, 0.2) is 0 Å². The van der Waals surface area contributed by atoms with Crippen LogP contribution in [0.1, 0.15) is 85.0 Å². The fourth-order valence-corrected chi connectivity index (χ4v) is 3.91. The average molecular weight is 294 g/mol. The Morgan fingerprint density at radius 1 is 0.905 bits per heavy atom. The Morgan fingerprint density at radius 2 is 1.29 bits per heavy atom. The van der Waals surface area contributed by atoms with Crippen LogP contribution in [0.5, 0.6) is 0 Å². The van der Waals surface area contributed by atoms with Crippen LogP contribution >= 0.6 is 0 Å². The molecule has 0 aromatic rings. The molecule has 122 valence electrons. The highest BCUT2D eigenvalue weighted by Crippen LogP contribution is 2.32. The summed E-state index contributed by atoms with van der Waals surface area (Å²) < 4.78 is 0. The smallest absolute Gasteiger partial charge is 0.240 e. The molecule has 2 aliphatic carbocycles. The van der Waals surface area contributed by atoms with Crippen molar-refractivity contribution in [1.29, 1.82) is 0 Å². The summed E-state index contributed by atoms with van der Waals surface area (Å²) in [6.07, 6.45) is 12.5. The van der Waals surface area contributed by atoms with Crippen molar-refractivity contribution in [2.24, 2.45) is 11.1 Å². The second-order valence-corrected chi connectivity index (χ2v) is 8.17. The van der Waals surface area contributed by atoms with Crippen molar-refractivity contribution in [3.8, 4) is 0 Å². The van der Waals surface area contributed by atoms with E-state index in [2.05, 4.69) is 25.7 Å². The Morgan fingerprint density at radius 3 is 1.62 bits per heavy atom. The van der Waals surface area contributed by atoms with Gasteiger partial charge in [-0.2, -0.15) is 0 Å². The molecule has 2 fully saturated rings. The molecule has 0 spiro atoms. The van der Waals surface area contributed by atoms with Crippen molar-refractivity contribution in [1.82, 2.24) is 4.90 Å². The first-order valence-corrected chi connectivity index (χ1v) is 8.99. The second kappa shape index (κ2) is 7.13. The van der Waals surface area contributed by atoms with E-state index in [4.69, 9.17) is 5.73 Å². The Bertz CT molecular complexity index is 318. The summed E-state index contributed by atoms with van der Waals surface area (Å²) >= 11 is 0. The van der Waals surface area contributed by atoms with E-state index in [1.807, 2.05) is 0 Å². The van der Waals surface area contributed by atoms with Crippen LogP contribution in [-0.4, -0.2) is 28.9 Å². The molecule has 3 heteroatoms. The molecule has 0 aromatic carbocycles. The number of nitrogens with zero attached hydrogens (tertiary/aromatic N) is 1. The van der Waals surface area contributed by atoms with Crippen molar-refractivity contribution < 1.29 is 4.79 Å². The first-order valence-electron chi connectivity index (χ1n) is 8.99. The van der Waals surface area contributed by atoms with Crippen molar-refractivity contribution in [2.45, 2.75) is 103 Å². The Balaban J connectivity index is 2.15. The minimum Gasteiger partial charge on any atom is -0.335 e. The van der Waals surface area contributed by atoms with E-state index in [0.717, 1.165) is 0 Å². The van der Waals surface area contributed by atoms with Gasteiger partial charge in [-0.15, -0.1) is 0 Å². The Labute approximate surface area is 130 Å². The lowest BCUT2D eigenvalue weighted by Gasteiger charge is -2.44. The van der Waals surface area contributed by atoms with Crippen LogP contribution < -0.4 is 5.73 Å². The SMILES string of the molecule is CC(C)(C)[C@@H](N)C(=O)N(C1CCCCC1)C1CCCCC1. The molecule has 0 radical (unpaired) electrons. The van der Waals surface area contributed by atoms with Gasteiger partial charge in [-0.25, -0.2) is 0 Å². The summed E-state index contributed by atoms with van der Waals surface area (Å²) in [5.74, 6) is 0.210. The van der Waals surface area contributed by atoms with Gasteiger partial charge in [-0.05, 0) is 31.1 Å². The molecule has 2 saturated carbocycles. The van der Waals surface area contributed by atoms with Crippen LogP contribution in [0.2, 0.25) is 0 Å². The standard InChI is InChI=1S/C18H34N2O/c1-18(2,3)16(19)17(21)20(14-10-6-4-7-11-14)15-12-8-5-9-13-15/h14-16H,4-13,19H2,1-3H3/t16-/m0/s1. The number of rotatable bonds is 3. The lowest BCUT2D eigenvalue weighted by molar-refractivity contribution is -0.141. The number of amides is 1. The van der Waals surface area contributed by atoms with E-state index >= 15 is 0 Å². The number of carbonyl (C=O) groups excluding carboxylic acids is 1. The molecule has 1 amide bonds. The normalized spacial score (nSPS) is 23.8. The van der Waals surface area contributed by atoms with Crippen molar-refractivity contribution >= 4 is 5.91 Å². The van der Waals surface area contributed by atoms with Gasteiger partial charge in [0.15, 0.2) is 0 Å². The maximum Gasteiger partial charge on any atom is 0.240 e. The molecule has 1 atom stereocenters. The Kier molecular flexibility index (Phi) is 5.70. The third-order valence-corrected chi connectivity index (χ3v) is 5.39. The van der Waals surface area contributed by atoms with Gasteiger partial charge in [0, 0.05) is 12.1 Å². The first-order chi connectivity index (χ1) is 9.91. The maximum absolute atomic E-state index is 13.1. The van der Waals surface area contributed by atoms with Crippen molar-refractivity contribution in [2.75, 3.05) is 0 Å². The fourth-order valence-electron chi connectivity index (χ4n) is 3.91. The quantitative estimate of drug-likeness (QED) is 0.859. The zero-order valence-corrected chi connectivity index (χ0v) is 14.2. The van der Waals surface area contributed by atoms with Crippen LogP contribution in [0.4, 0.5) is 0 Å². The molecule has 0 bridgehead atoms. The molecular formula is C18H34N2O. The molecule has 3 nitrogen and oxygen atoms in total. The van der Waals surface area contributed by atoms with Crippen molar-refractivity contribution in [3.05, 3.63) is 0 Å². The van der Waals surface area contributed by atoms with Crippen LogP contribution in [0, 0.1) is 5.41 Å². The highest BCUT2D eigenvalue weighted by Gasteiger charge is 2.38. The molecule has 0 heterocycles. The number of nitrogens with two attached hydrogens (primary N) is 1. The third-order valence-electron chi connectivity index (χ3n) is 5.39. The van der Waals surface area contributed by atoms with Crippen LogP contribution in [0.25, 0.3) is 0 Å². The van der Waals surface area contributed by atoms with Crippen molar-refractivity contribution in [3.63, 3.8) is 0 Å². The fraction of sp³-hybridized carbons (Fsp3) is 0.944. The summed E-state index contributed by atoms with van der Waals surface area (Å²) in [6, 6.07) is 0.520. The topological polar surface area (TPSA) is 46.3 Å². The largest absolute Gasteiger partial charge is 0.335 e. The number of hydrogen-bond donors (Lipinski definition) is 1. The van der Waals surface area contributed by atoms with Gasteiger partial charge in [-0.3, -0.25) is 4.79 Å². The van der Waals surface area contributed by atoms with E-state index in [0.29, 0.717) is 12.1 Å². The highest BCUT2D eigenvalue weighted by atomic mass is 16.2. The number of carbonyl (C=O) groups is 1. The maximum atomic E-state index is 13.1. The molecular weight excluding hydrogens is 260 g/mol. The monoisotopic (exact) mass is 294 g/mol. The van der Waals surface area contributed by atoms with E-state index in [1.54, 1.807) is 0 Å². The summed E-state index contributed by atoms with van der Waals surface area (Å²) in [6.45, 7) is 6.24. The molecule has 0 aliphatic heterocycles. The van der Waals surface area contributed by atoms with Gasteiger partial charge in [-0.1, -0.05) is 59.3 Å². The zero-order chi connectivity index (χ0) is 15.5. The summed E-state index contributed by atoms with van der Waals surface area (Å²) in [5.41, 5.74) is 6.16. The van der Waals surface area contributed by atoms with Crippen LogP contribution in [-0.2, 0) is 4.79 Å². The van der Waals surface area contributed by atoms with Gasteiger partial charge in [0.05, 0.1) is 6.04 Å². The summed E-state index contributed by atoms with van der Waals surface area (Å²) in [7, 11) is 0. The van der Waals surface area contributed by atoms with Gasteiger partial charge >= 0.3 is 0 Å².